The summed E-state index contributed by atoms with van der Waals surface area (Å²) in [6, 6.07) is 4.57. The highest BCUT2D eigenvalue weighted by Crippen LogP contribution is 2.44. The highest BCUT2D eigenvalue weighted by molar-refractivity contribution is 5.47. The van der Waals surface area contributed by atoms with Gasteiger partial charge in [0.15, 0.2) is 0 Å². The minimum Gasteiger partial charge on any atom is -0.370 e. The van der Waals surface area contributed by atoms with E-state index in [2.05, 4.69) is 67.5 Å². The van der Waals surface area contributed by atoms with Crippen molar-refractivity contribution in [2.24, 2.45) is 0 Å². The normalized spacial score (nSPS) is 22.5. The maximum atomic E-state index is 6.93. The number of epoxide rings is 2. The Morgan fingerprint density at radius 2 is 0.966 bits per heavy atom. The van der Waals surface area contributed by atoms with Gasteiger partial charge in [0.05, 0.1) is 13.2 Å². The minimum absolute atomic E-state index is 0.0658. The van der Waals surface area contributed by atoms with E-state index in [1.54, 1.807) is 0 Å². The van der Waals surface area contributed by atoms with E-state index in [0.717, 1.165) is 13.2 Å². The van der Waals surface area contributed by atoms with Gasteiger partial charge in [0.1, 0.15) is 24.4 Å². The van der Waals surface area contributed by atoms with E-state index >= 15 is 0 Å². The first-order valence-electron chi connectivity index (χ1n) is 10.7. The van der Waals surface area contributed by atoms with Gasteiger partial charge in [-0.15, -0.1) is 0 Å². The number of hydrogen-bond acceptors (Lipinski definition) is 3. The van der Waals surface area contributed by atoms with Gasteiger partial charge < -0.3 is 14.2 Å². The fourth-order valence-electron chi connectivity index (χ4n) is 4.79. The van der Waals surface area contributed by atoms with Gasteiger partial charge in [0.25, 0.3) is 0 Å². The lowest BCUT2D eigenvalue weighted by atomic mass is 9.88. The van der Waals surface area contributed by atoms with E-state index in [1.165, 1.54) is 55.6 Å². The summed E-state index contributed by atoms with van der Waals surface area (Å²) in [5.41, 5.74) is 13.2. The number of benzene rings is 2. The predicted molar refractivity (Wildman–Crippen MR) is 117 cm³/mol. The summed E-state index contributed by atoms with van der Waals surface area (Å²) in [6.07, 6.45) is 0.124. The van der Waals surface area contributed by atoms with Crippen LogP contribution in [0.3, 0.4) is 0 Å². The van der Waals surface area contributed by atoms with E-state index in [4.69, 9.17) is 14.2 Å². The Morgan fingerprint density at radius 3 is 1.28 bits per heavy atom. The number of hydrogen-bond donors (Lipinski definition) is 0. The molecule has 0 aliphatic carbocycles. The van der Waals surface area contributed by atoms with Crippen molar-refractivity contribution in [2.75, 3.05) is 13.2 Å². The van der Waals surface area contributed by atoms with Gasteiger partial charge in [-0.3, -0.25) is 0 Å². The Kier molecular flexibility index (Phi) is 5.35. The third kappa shape index (κ3) is 3.76. The lowest BCUT2D eigenvalue weighted by Gasteiger charge is -2.29. The molecule has 2 aromatic rings. The van der Waals surface area contributed by atoms with Crippen LogP contribution in [0, 0.1) is 55.4 Å². The molecule has 2 aromatic carbocycles. The summed E-state index contributed by atoms with van der Waals surface area (Å²) in [5.74, 6) is 0. The molecule has 2 saturated heterocycles. The fourth-order valence-corrected chi connectivity index (χ4v) is 4.79. The van der Waals surface area contributed by atoms with E-state index in [1.807, 2.05) is 0 Å². The van der Waals surface area contributed by atoms with Crippen LogP contribution < -0.4 is 0 Å². The molecule has 0 N–H and O–H groups in total. The second-order valence-electron chi connectivity index (χ2n) is 9.07. The standard InChI is InChI=1S/C26H34O3/c1-13-9-15(3)23(19(7)17(13)5)25(21-11-27-21)29-26(22-12-28-22)24-16(4)10-14(2)18(6)20(24)8/h9-10,21-22,25-26H,11-12H2,1-8H3. The van der Waals surface area contributed by atoms with Gasteiger partial charge in [-0.1, -0.05) is 12.1 Å². The molecule has 0 bridgehead atoms. The lowest BCUT2D eigenvalue weighted by Crippen LogP contribution is -2.22. The van der Waals surface area contributed by atoms with Crippen molar-refractivity contribution >= 4 is 0 Å². The van der Waals surface area contributed by atoms with Crippen LogP contribution in [0.4, 0.5) is 0 Å². The smallest absolute Gasteiger partial charge is 0.112 e. The summed E-state index contributed by atoms with van der Waals surface area (Å²) in [4.78, 5) is 0. The Labute approximate surface area is 175 Å². The molecule has 0 saturated carbocycles. The monoisotopic (exact) mass is 394 g/mol. The maximum Gasteiger partial charge on any atom is 0.112 e. The van der Waals surface area contributed by atoms with Gasteiger partial charge in [-0.05, 0) is 111 Å². The summed E-state index contributed by atoms with van der Waals surface area (Å²) in [7, 11) is 0. The molecular weight excluding hydrogens is 360 g/mol. The average Bonchev–Trinajstić information content (AvgIpc) is 3.54. The average molecular weight is 395 g/mol. The molecule has 2 aliphatic rings. The van der Waals surface area contributed by atoms with Crippen molar-refractivity contribution in [3.8, 4) is 0 Å². The predicted octanol–water partition coefficient (Wildman–Crippen LogP) is 5.75. The topological polar surface area (TPSA) is 34.3 Å². The molecule has 0 radical (unpaired) electrons. The van der Waals surface area contributed by atoms with E-state index in [9.17, 15) is 0 Å². The molecular formula is C26H34O3. The number of ether oxygens (including phenoxy) is 3. The Morgan fingerprint density at radius 1 is 0.621 bits per heavy atom. The van der Waals surface area contributed by atoms with E-state index < -0.39 is 0 Å². The molecule has 2 heterocycles. The summed E-state index contributed by atoms with van der Waals surface area (Å²) < 4.78 is 18.5. The molecule has 3 nitrogen and oxygen atoms in total. The summed E-state index contributed by atoms with van der Waals surface area (Å²) in [6.45, 7) is 19.1. The van der Waals surface area contributed by atoms with E-state index in [0.29, 0.717) is 0 Å². The Hall–Kier alpha value is -1.68. The quantitative estimate of drug-likeness (QED) is 0.585. The Bertz CT molecular complexity index is 874. The van der Waals surface area contributed by atoms with Crippen LogP contribution in [0.25, 0.3) is 0 Å². The molecule has 4 unspecified atom stereocenters. The molecule has 0 amide bonds. The lowest BCUT2D eigenvalue weighted by molar-refractivity contribution is -0.0430. The first-order valence-corrected chi connectivity index (χ1v) is 10.7. The highest BCUT2D eigenvalue weighted by Gasteiger charge is 2.44. The number of rotatable bonds is 6. The zero-order valence-electron chi connectivity index (χ0n) is 19.1. The first kappa shape index (κ1) is 20.6. The molecule has 0 aromatic heterocycles. The van der Waals surface area contributed by atoms with Crippen molar-refractivity contribution in [3.63, 3.8) is 0 Å². The molecule has 3 heteroatoms. The third-order valence-electron chi connectivity index (χ3n) is 7.09. The van der Waals surface area contributed by atoms with Gasteiger partial charge in [-0.25, -0.2) is 0 Å². The van der Waals surface area contributed by atoms with Crippen LogP contribution in [0.15, 0.2) is 12.1 Å². The van der Waals surface area contributed by atoms with Crippen LogP contribution in [0.1, 0.15) is 67.8 Å². The van der Waals surface area contributed by atoms with Crippen LogP contribution in [-0.4, -0.2) is 25.4 Å². The van der Waals surface area contributed by atoms with Crippen LogP contribution >= 0.6 is 0 Å². The number of aryl methyl sites for hydroxylation is 4. The summed E-state index contributed by atoms with van der Waals surface area (Å²) >= 11 is 0. The second kappa shape index (κ2) is 7.54. The van der Waals surface area contributed by atoms with Crippen LogP contribution in [-0.2, 0) is 14.2 Å². The Balaban J connectivity index is 1.78. The first-order chi connectivity index (χ1) is 13.7. The van der Waals surface area contributed by atoms with Crippen molar-refractivity contribution in [1.29, 1.82) is 0 Å². The molecule has 2 aliphatic heterocycles. The molecule has 0 spiro atoms. The van der Waals surface area contributed by atoms with Crippen molar-refractivity contribution in [1.82, 2.24) is 0 Å². The van der Waals surface area contributed by atoms with Gasteiger partial charge >= 0.3 is 0 Å². The van der Waals surface area contributed by atoms with E-state index in [-0.39, 0.29) is 24.4 Å². The van der Waals surface area contributed by atoms with Crippen molar-refractivity contribution in [2.45, 2.75) is 79.8 Å². The van der Waals surface area contributed by atoms with Crippen LogP contribution in [0.5, 0.6) is 0 Å². The zero-order valence-corrected chi connectivity index (χ0v) is 19.1. The van der Waals surface area contributed by atoms with Gasteiger partial charge in [-0.2, -0.15) is 0 Å². The highest BCUT2D eigenvalue weighted by atomic mass is 16.6. The largest absolute Gasteiger partial charge is 0.370 e. The molecule has 4 atom stereocenters. The molecule has 4 rings (SSSR count). The fraction of sp³-hybridized carbons (Fsp3) is 0.538. The molecule has 156 valence electrons. The molecule has 2 fully saturated rings. The second-order valence-corrected chi connectivity index (χ2v) is 9.07. The van der Waals surface area contributed by atoms with Crippen molar-refractivity contribution < 1.29 is 14.2 Å². The van der Waals surface area contributed by atoms with Crippen molar-refractivity contribution in [3.05, 3.63) is 67.8 Å². The maximum absolute atomic E-state index is 6.93. The summed E-state index contributed by atoms with van der Waals surface area (Å²) in [5, 5.41) is 0. The van der Waals surface area contributed by atoms with Gasteiger partial charge in [0.2, 0.25) is 0 Å². The van der Waals surface area contributed by atoms with Crippen LogP contribution in [0.2, 0.25) is 0 Å². The van der Waals surface area contributed by atoms with Gasteiger partial charge in [0, 0.05) is 0 Å². The zero-order chi connectivity index (χ0) is 21.0. The SMILES string of the molecule is Cc1cc(C)c(C(OC(c2c(C)cc(C)c(C)c2C)C2CO2)C2CO2)c(C)c1C. The minimum atomic E-state index is -0.0658. The third-order valence-corrected chi connectivity index (χ3v) is 7.09. The molecule has 29 heavy (non-hydrogen) atoms.